The third-order valence-electron chi connectivity index (χ3n) is 7.52. The zero-order chi connectivity index (χ0) is 24.8. The van der Waals surface area contributed by atoms with E-state index >= 15 is 0 Å². The summed E-state index contributed by atoms with van der Waals surface area (Å²) in [7, 11) is 0. The van der Waals surface area contributed by atoms with Gasteiger partial charge in [-0.25, -0.2) is 0 Å². The molecule has 180 valence electrons. The van der Waals surface area contributed by atoms with Gasteiger partial charge in [0.05, 0.1) is 17.6 Å². The van der Waals surface area contributed by atoms with Crippen molar-refractivity contribution in [1.82, 2.24) is 4.98 Å². The minimum Gasteiger partial charge on any atom is -0.388 e. The van der Waals surface area contributed by atoms with E-state index in [9.17, 15) is 15.5 Å². The lowest BCUT2D eigenvalue weighted by molar-refractivity contribution is 0.0972. The van der Waals surface area contributed by atoms with Gasteiger partial charge in [-0.2, -0.15) is 5.26 Å². The van der Waals surface area contributed by atoms with Gasteiger partial charge >= 0.3 is 0 Å². The van der Waals surface area contributed by atoms with Gasteiger partial charge in [-0.3, -0.25) is 4.98 Å². The summed E-state index contributed by atoms with van der Waals surface area (Å²) in [4.78, 5) is 5.12. The molecule has 4 rings (SSSR count). The minimum absolute atomic E-state index is 0.0154. The Hall–Kier alpha value is -2.48. The van der Waals surface area contributed by atoms with E-state index in [1.165, 1.54) is 5.57 Å². The van der Waals surface area contributed by atoms with E-state index < -0.39 is 17.6 Å². The highest BCUT2D eigenvalue weighted by Crippen LogP contribution is 2.48. The second-order valence-corrected chi connectivity index (χ2v) is 11.7. The smallest absolute Gasteiger partial charge is 0.106 e. The van der Waals surface area contributed by atoms with Crippen molar-refractivity contribution in [3.8, 4) is 6.07 Å². The van der Waals surface area contributed by atoms with Crippen LogP contribution in [0, 0.1) is 16.7 Å². The van der Waals surface area contributed by atoms with Crippen LogP contribution in [0.5, 0.6) is 0 Å². The van der Waals surface area contributed by atoms with Crippen molar-refractivity contribution < 1.29 is 10.2 Å². The third-order valence-corrected chi connectivity index (χ3v) is 7.52. The Balaban J connectivity index is 1.93. The summed E-state index contributed by atoms with van der Waals surface area (Å²) in [5.41, 5.74) is 7.04. The second-order valence-electron chi connectivity index (χ2n) is 11.7. The van der Waals surface area contributed by atoms with Crippen LogP contribution in [0.25, 0.3) is 5.57 Å². The average molecular weight is 459 g/mol. The van der Waals surface area contributed by atoms with Gasteiger partial charge in [0.2, 0.25) is 0 Å². The summed E-state index contributed by atoms with van der Waals surface area (Å²) in [5, 5.41) is 32.6. The van der Waals surface area contributed by atoms with Crippen molar-refractivity contribution in [2.45, 2.75) is 97.2 Å². The van der Waals surface area contributed by atoms with Crippen molar-refractivity contribution in [2.75, 3.05) is 0 Å². The zero-order valence-electron chi connectivity index (χ0n) is 21.4. The molecule has 2 aliphatic rings. The molecule has 0 fully saturated rings. The molecule has 0 aliphatic heterocycles. The molecule has 0 radical (unpaired) electrons. The topological polar surface area (TPSA) is 77.1 Å². The van der Waals surface area contributed by atoms with Crippen LogP contribution in [-0.2, 0) is 11.8 Å². The highest BCUT2D eigenvalue weighted by molar-refractivity contribution is 5.75. The van der Waals surface area contributed by atoms with Gasteiger partial charge in [-0.15, -0.1) is 0 Å². The molecule has 0 amide bonds. The summed E-state index contributed by atoms with van der Waals surface area (Å²) in [6.07, 6.45) is 5.43. The van der Waals surface area contributed by atoms with Crippen LogP contribution in [0.4, 0.5) is 0 Å². The Morgan fingerprint density at radius 3 is 2.41 bits per heavy atom. The van der Waals surface area contributed by atoms with Crippen LogP contribution >= 0.6 is 0 Å². The van der Waals surface area contributed by atoms with Crippen molar-refractivity contribution in [3.05, 3.63) is 69.5 Å². The van der Waals surface area contributed by atoms with Gasteiger partial charge in [-0.1, -0.05) is 58.0 Å². The Kier molecular flexibility index (Phi) is 6.48. The molecule has 4 nitrogen and oxygen atoms in total. The molecule has 2 atom stereocenters. The van der Waals surface area contributed by atoms with E-state index in [1.54, 1.807) is 0 Å². The van der Waals surface area contributed by atoms with Crippen molar-refractivity contribution in [2.24, 2.45) is 5.41 Å². The lowest BCUT2D eigenvalue weighted by Gasteiger charge is -2.37. The maximum absolute atomic E-state index is 11.8. The van der Waals surface area contributed by atoms with Gasteiger partial charge in [0.1, 0.15) is 6.10 Å². The molecule has 1 heterocycles. The zero-order valence-corrected chi connectivity index (χ0v) is 21.4. The lowest BCUT2D eigenvalue weighted by atomic mass is 9.71. The molecule has 0 spiro atoms. The quantitative estimate of drug-likeness (QED) is 0.525. The number of aliphatic hydroxyl groups excluding tert-OH is 2. The van der Waals surface area contributed by atoms with Gasteiger partial charge < -0.3 is 10.2 Å². The Bertz CT molecular complexity index is 1150. The summed E-state index contributed by atoms with van der Waals surface area (Å²) in [6.45, 7) is 12.4. The number of fused-ring (bicyclic) bond motifs is 1. The number of nitriles is 1. The van der Waals surface area contributed by atoms with Crippen LogP contribution in [0.3, 0.4) is 0 Å². The Morgan fingerprint density at radius 1 is 1.18 bits per heavy atom. The molecular weight excluding hydrogens is 420 g/mol. The van der Waals surface area contributed by atoms with Crippen LogP contribution in [-0.4, -0.2) is 15.2 Å². The SMILES string of the molecule is CC(C)c1nc2c(c(C3=CCCC3)c1[C@@H](O)c1ccc(C(C)(C)C#N)cc1)C(O)CC(C)(C)C2. The molecule has 1 aromatic carbocycles. The third kappa shape index (κ3) is 4.44. The fourth-order valence-corrected chi connectivity index (χ4v) is 5.60. The first-order valence-corrected chi connectivity index (χ1v) is 12.6. The Labute approximate surface area is 204 Å². The number of rotatable bonds is 5. The molecule has 34 heavy (non-hydrogen) atoms. The standard InChI is InChI=1S/C30H38N2O2/c1-18(2)27-26(28(34)20-11-13-21(14-12-20)30(5,6)17-31)24(19-9-7-8-10-19)25-22(32-27)15-29(3,4)16-23(25)33/h9,11-14,18,23,28,33-34H,7-8,10,15-16H2,1-6H3/t23?,28-/m0/s1. The minimum atomic E-state index is -0.854. The van der Waals surface area contributed by atoms with E-state index in [1.807, 2.05) is 38.1 Å². The van der Waals surface area contributed by atoms with Gasteiger partial charge in [-0.05, 0) is 79.5 Å². The number of hydrogen-bond donors (Lipinski definition) is 2. The first-order valence-electron chi connectivity index (χ1n) is 12.6. The first kappa shape index (κ1) is 24.6. The lowest BCUT2D eigenvalue weighted by Crippen LogP contribution is -2.29. The van der Waals surface area contributed by atoms with Crippen LogP contribution in [0.1, 0.15) is 125 Å². The van der Waals surface area contributed by atoms with E-state index in [4.69, 9.17) is 4.98 Å². The number of pyridine rings is 1. The number of allylic oxidation sites excluding steroid dienone is 2. The monoisotopic (exact) mass is 458 g/mol. The van der Waals surface area contributed by atoms with Crippen LogP contribution < -0.4 is 0 Å². The average Bonchev–Trinajstić information content (AvgIpc) is 3.31. The fourth-order valence-electron chi connectivity index (χ4n) is 5.60. The second kappa shape index (κ2) is 8.95. The molecule has 0 saturated carbocycles. The number of aromatic nitrogens is 1. The van der Waals surface area contributed by atoms with E-state index in [2.05, 4.69) is 39.8 Å². The predicted octanol–water partition coefficient (Wildman–Crippen LogP) is 6.66. The summed E-state index contributed by atoms with van der Waals surface area (Å²) in [6, 6.07) is 10.1. The summed E-state index contributed by atoms with van der Waals surface area (Å²) < 4.78 is 0. The van der Waals surface area contributed by atoms with Crippen LogP contribution in [0.2, 0.25) is 0 Å². The molecule has 4 heteroatoms. The fraction of sp³-hybridized carbons (Fsp3) is 0.533. The Morgan fingerprint density at radius 2 is 1.85 bits per heavy atom. The highest BCUT2D eigenvalue weighted by atomic mass is 16.3. The van der Waals surface area contributed by atoms with Crippen molar-refractivity contribution >= 4 is 5.57 Å². The maximum atomic E-state index is 11.8. The number of hydrogen-bond acceptors (Lipinski definition) is 4. The van der Waals surface area contributed by atoms with E-state index in [0.717, 1.165) is 64.9 Å². The predicted molar refractivity (Wildman–Crippen MR) is 136 cm³/mol. The molecule has 1 aromatic heterocycles. The van der Waals surface area contributed by atoms with Gasteiger partial charge in [0.25, 0.3) is 0 Å². The number of benzene rings is 1. The largest absolute Gasteiger partial charge is 0.388 e. The first-order chi connectivity index (χ1) is 15.9. The maximum Gasteiger partial charge on any atom is 0.106 e. The number of nitrogens with zero attached hydrogens (tertiary/aromatic N) is 2. The molecule has 0 saturated heterocycles. The van der Waals surface area contributed by atoms with Crippen LogP contribution in [0.15, 0.2) is 30.3 Å². The highest BCUT2D eigenvalue weighted by Gasteiger charge is 2.38. The summed E-state index contributed by atoms with van der Waals surface area (Å²) >= 11 is 0. The molecule has 2 N–H and O–H groups in total. The van der Waals surface area contributed by atoms with Gasteiger partial charge in [0.15, 0.2) is 0 Å². The molecule has 1 unspecified atom stereocenters. The molecular formula is C30H38N2O2. The van der Waals surface area contributed by atoms with Gasteiger partial charge in [0, 0.05) is 22.5 Å². The normalized spacial score (nSPS) is 20.6. The van der Waals surface area contributed by atoms with E-state index in [-0.39, 0.29) is 11.3 Å². The molecule has 0 bridgehead atoms. The van der Waals surface area contributed by atoms with Crippen molar-refractivity contribution in [1.29, 1.82) is 5.26 Å². The molecule has 2 aromatic rings. The molecule has 2 aliphatic carbocycles. The van der Waals surface area contributed by atoms with E-state index in [0.29, 0.717) is 6.42 Å². The van der Waals surface area contributed by atoms with Crippen molar-refractivity contribution in [3.63, 3.8) is 0 Å². The number of aliphatic hydroxyl groups is 2. The summed E-state index contributed by atoms with van der Waals surface area (Å²) in [5.74, 6) is 0.134.